The average molecular weight is 971 g/mol. The number of anilines is 1. The molecule has 0 bridgehead atoms. The Kier molecular flexibility index (Phi) is 13.8. The summed E-state index contributed by atoms with van der Waals surface area (Å²) in [6.45, 7) is 13.7. The van der Waals surface area contributed by atoms with Gasteiger partial charge in [0.1, 0.15) is 40.9 Å². The molecule has 19 heteroatoms. The predicted molar refractivity (Wildman–Crippen MR) is 259 cm³/mol. The second kappa shape index (κ2) is 19.3. The van der Waals surface area contributed by atoms with Gasteiger partial charge in [-0.25, -0.2) is 28.0 Å². The SMILES string of the molecule is C=CC1C[C@]1(NC(=O)[C@@H]1C[C@@H](Oc2cc(-c3csc(NC(C)C)n3)nc3cc(OC)ccc23)CN1C(=O)[C@@H](NC(=O)NC(CN1Cc2ccccc2S1(=O)=O)C(C)(C)C)C1CCCCC1)C(=O)O. The lowest BCUT2D eigenvalue weighted by molar-refractivity contribution is -0.146. The van der Waals surface area contributed by atoms with Crippen LogP contribution in [0.3, 0.4) is 0 Å². The summed E-state index contributed by atoms with van der Waals surface area (Å²) in [5.74, 6) is -2.10. The highest BCUT2D eigenvalue weighted by Gasteiger charge is 2.61. The molecule has 2 aromatic carbocycles. The number of carbonyl (C=O) groups excluding carboxylic acids is 3. The van der Waals surface area contributed by atoms with E-state index in [-0.39, 0.29) is 49.3 Å². The number of aromatic nitrogens is 2. The van der Waals surface area contributed by atoms with Gasteiger partial charge in [0.25, 0.3) is 0 Å². The first-order valence-corrected chi connectivity index (χ1v) is 25.6. The zero-order valence-electron chi connectivity index (χ0n) is 39.4. The van der Waals surface area contributed by atoms with Crippen LogP contribution >= 0.6 is 11.3 Å². The average Bonchev–Trinajstić information content (AvgIpc) is 3.51. The number of hydrogen-bond donors (Lipinski definition) is 5. The topological polar surface area (TPSA) is 221 Å². The first-order chi connectivity index (χ1) is 32.3. The standard InChI is InChI=1S/C49H62N8O9S2/c1-8-31-23-49(31,45(60)61)55-43(58)38-21-33(66-39-22-36(37-27-67-47(52-37)50-28(2)3)51-35-20-32(65-7)18-19-34(35)39)25-57(38)44(59)42(29-14-10-9-11-15-29)54-46(62)53-41(48(4,5)6)26-56-24-30-16-12-13-17-40(30)68(56,63)64/h8,12-13,16-20,22,27-29,31,33,38,41-42H,1,9-11,14-15,21,23-26H2,2-7H3,(H,50,52)(H,55,58)(H,60,61)(H2,53,54,62)/t31?,33-,38+,41?,42+,49-/m1/s1. The Balaban J connectivity index is 1.09. The van der Waals surface area contributed by atoms with E-state index in [4.69, 9.17) is 19.4 Å². The second-order valence-corrected chi connectivity index (χ2v) is 22.6. The number of urea groups is 1. The molecule has 2 unspecified atom stereocenters. The molecule has 4 aliphatic rings. The van der Waals surface area contributed by atoms with Gasteiger partial charge in [-0.15, -0.1) is 17.9 Å². The number of likely N-dealkylation sites (tertiary alicyclic amines) is 1. The number of carboxylic acid groups (broad SMARTS) is 1. The van der Waals surface area contributed by atoms with Gasteiger partial charge in [0, 0.05) is 60.4 Å². The molecule has 3 fully saturated rings. The van der Waals surface area contributed by atoms with Crippen LogP contribution in [0.15, 0.2) is 71.5 Å². The van der Waals surface area contributed by atoms with Crippen molar-refractivity contribution in [2.75, 3.05) is 25.5 Å². The Morgan fingerprint density at radius 1 is 1.03 bits per heavy atom. The lowest BCUT2D eigenvalue weighted by Gasteiger charge is -2.37. The normalized spacial score (nSPS) is 23.3. The van der Waals surface area contributed by atoms with Crippen molar-refractivity contribution in [2.45, 2.75) is 127 Å². The molecular formula is C49H62N8O9S2. The molecule has 5 N–H and O–H groups in total. The largest absolute Gasteiger partial charge is 0.497 e. The van der Waals surface area contributed by atoms with Gasteiger partial charge in [-0.3, -0.25) is 9.59 Å². The minimum atomic E-state index is -3.80. The van der Waals surface area contributed by atoms with Crippen LogP contribution in [0.2, 0.25) is 0 Å². The molecule has 4 heterocycles. The molecule has 2 saturated carbocycles. The number of rotatable bonds is 16. The van der Waals surface area contributed by atoms with Crippen LogP contribution in [0.4, 0.5) is 9.93 Å². The fraction of sp³-hybridized carbons (Fsp3) is 0.510. The number of fused-ring (bicyclic) bond motifs is 2. The maximum atomic E-state index is 15.3. The molecule has 364 valence electrons. The summed E-state index contributed by atoms with van der Waals surface area (Å²) in [6, 6.07) is 10.7. The number of sulfonamides is 1. The fourth-order valence-electron chi connectivity index (χ4n) is 9.68. The quantitative estimate of drug-likeness (QED) is 0.0755. The molecular weight excluding hydrogens is 909 g/mol. The number of benzene rings is 2. The van der Waals surface area contributed by atoms with Crippen molar-refractivity contribution < 1.29 is 42.2 Å². The number of nitrogens with one attached hydrogen (secondary N) is 4. The summed E-state index contributed by atoms with van der Waals surface area (Å²) in [6.07, 6.45) is 4.88. The molecule has 2 aromatic heterocycles. The van der Waals surface area contributed by atoms with Crippen LogP contribution in [-0.4, -0.2) is 113 Å². The van der Waals surface area contributed by atoms with Crippen molar-refractivity contribution in [2.24, 2.45) is 17.3 Å². The minimum Gasteiger partial charge on any atom is -0.497 e. The molecule has 0 spiro atoms. The van der Waals surface area contributed by atoms with E-state index < -0.39 is 74.9 Å². The number of ether oxygens (including phenoxy) is 2. The van der Waals surface area contributed by atoms with Gasteiger partial charge in [-0.1, -0.05) is 64.3 Å². The number of carboxylic acids is 1. The Morgan fingerprint density at radius 3 is 2.44 bits per heavy atom. The van der Waals surface area contributed by atoms with E-state index in [1.165, 1.54) is 26.6 Å². The number of methoxy groups -OCH3 is 1. The molecule has 6 atom stereocenters. The number of amides is 4. The molecule has 0 radical (unpaired) electrons. The van der Waals surface area contributed by atoms with E-state index in [0.717, 1.165) is 24.4 Å². The molecule has 1 saturated heterocycles. The molecule has 8 rings (SSSR count). The highest BCUT2D eigenvalue weighted by atomic mass is 32.2. The van der Waals surface area contributed by atoms with Crippen molar-refractivity contribution in [3.05, 3.63) is 72.1 Å². The van der Waals surface area contributed by atoms with Crippen LogP contribution < -0.4 is 30.7 Å². The molecule has 4 aromatic rings. The highest BCUT2D eigenvalue weighted by molar-refractivity contribution is 7.89. The maximum Gasteiger partial charge on any atom is 0.330 e. The molecule has 68 heavy (non-hydrogen) atoms. The van der Waals surface area contributed by atoms with Gasteiger partial charge in [-0.2, -0.15) is 4.31 Å². The second-order valence-electron chi connectivity index (χ2n) is 19.8. The van der Waals surface area contributed by atoms with Gasteiger partial charge >= 0.3 is 12.0 Å². The fourth-order valence-corrected chi connectivity index (χ4v) is 12.2. The van der Waals surface area contributed by atoms with E-state index in [1.54, 1.807) is 49.6 Å². The number of thiazole rings is 1. The van der Waals surface area contributed by atoms with Crippen molar-refractivity contribution in [1.29, 1.82) is 0 Å². The molecule has 2 aliphatic carbocycles. The summed E-state index contributed by atoms with van der Waals surface area (Å²) in [5.41, 5.74) is 0.245. The van der Waals surface area contributed by atoms with Crippen molar-refractivity contribution in [1.82, 2.24) is 35.1 Å². The molecule has 2 aliphatic heterocycles. The summed E-state index contributed by atoms with van der Waals surface area (Å²) in [7, 11) is -2.24. The Bertz CT molecular complexity index is 2700. The number of aliphatic carboxylic acids is 1. The zero-order chi connectivity index (χ0) is 48.7. The first-order valence-electron chi connectivity index (χ1n) is 23.3. The van der Waals surface area contributed by atoms with E-state index in [2.05, 4.69) is 27.8 Å². The number of hydrogen-bond acceptors (Lipinski definition) is 12. The summed E-state index contributed by atoms with van der Waals surface area (Å²) >= 11 is 1.45. The number of pyridine rings is 1. The van der Waals surface area contributed by atoms with Gasteiger partial charge in [0.05, 0.1) is 29.8 Å². The summed E-state index contributed by atoms with van der Waals surface area (Å²) in [5, 5.41) is 25.7. The number of carbonyl (C=O) groups is 4. The van der Waals surface area contributed by atoms with E-state index in [9.17, 15) is 27.9 Å². The van der Waals surface area contributed by atoms with E-state index in [0.29, 0.717) is 52.2 Å². The van der Waals surface area contributed by atoms with Gasteiger partial charge in [0.15, 0.2) is 5.13 Å². The van der Waals surface area contributed by atoms with Gasteiger partial charge in [0.2, 0.25) is 21.8 Å². The van der Waals surface area contributed by atoms with Crippen molar-refractivity contribution in [3.63, 3.8) is 0 Å². The lowest BCUT2D eigenvalue weighted by atomic mass is 9.83. The maximum absolute atomic E-state index is 15.3. The first kappa shape index (κ1) is 48.7. The van der Waals surface area contributed by atoms with E-state index >= 15 is 4.79 Å². The Morgan fingerprint density at radius 2 is 1.78 bits per heavy atom. The van der Waals surface area contributed by atoms with Crippen molar-refractivity contribution in [3.8, 4) is 22.9 Å². The van der Waals surface area contributed by atoms with E-state index in [1.807, 2.05) is 46.1 Å². The summed E-state index contributed by atoms with van der Waals surface area (Å²) in [4.78, 5) is 68.1. The minimum absolute atomic E-state index is 0.00293. The molecule has 17 nitrogen and oxygen atoms in total. The summed E-state index contributed by atoms with van der Waals surface area (Å²) < 4.78 is 40.9. The Labute approximate surface area is 401 Å². The molecule has 4 amide bonds. The zero-order valence-corrected chi connectivity index (χ0v) is 41.0. The van der Waals surface area contributed by atoms with Crippen LogP contribution in [0.5, 0.6) is 11.5 Å². The smallest absolute Gasteiger partial charge is 0.330 e. The third-order valence-electron chi connectivity index (χ3n) is 13.7. The lowest BCUT2D eigenvalue weighted by Crippen LogP contribution is -2.61. The third kappa shape index (κ3) is 10.0. The van der Waals surface area contributed by atoms with Crippen LogP contribution in [0.25, 0.3) is 22.3 Å². The van der Waals surface area contributed by atoms with Crippen molar-refractivity contribution >= 4 is 61.2 Å². The van der Waals surface area contributed by atoms with Gasteiger partial charge < -0.3 is 40.7 Å². The van der Waals surface area contributed by atoms with Crippen LogP contribution in [0.1, 0.15) is 85.1 Å². The Hall–Kier alpha value is -5.79. The van der Waals surface area contributed by atoms with Gasteiger partial charge in [-0.05, 0) is 68.2 Å². The predicted octanol–water partition coefficient (Wildman–Crippen LogP) is 6.55. The monoisotopic (exact) mass is 970 g/mol. The van der Waals surface area contributed by atoms with Crippen LogP contribution in [-0.2, 0) is 31.0 Å². The highest BCUT2D eigenvalue weighted by Crippen LogP contribution is 2.45. The third-order valence-corrected chi connectivity index (χ3v) is 16.4. The number of nitrogens with zero attached hydrogens (tertiary/aromatic N) is 4. The van der Waals surface area contributed by atoms with Crippen LogP contribution in [0, 0.1) is 17.3 Å².